The van der Waals surface area contributed by atoms with Crippen LogP contribution in [0.1, 0.15) is 40.0 Å². The van der Waals surface area contributed by atoms with Crippen LogP contribution in [0, 0.1) is 0 Å². The Morgan fingerprint density at radius 2 is 1.70 bits per heavy atom. The molecule has 0 aromatic rings. The van der Waals surface area contributed by atoms with Gasteiger partial charge in [0.1, 0.15) is 6.29 Å². The van der Waals surface area contributed by atoms with Gasteiger partial charge in [0, 0.05) is 0 Å². The first kappa shape index (κ1) is 20.4. The van der Waals surface area contributed by atoms with Crippen molar-refractivity contribution in [1.29, 1.82) is 0 Å². The van der Waals surface area contributed by atoms with Gasteiger partial charge in [-0.15, -0.1) is 0 Å². The number of allylic oxidation sites excluding steroid dienone is 4. The number of aliphatic carboxylic acids is 2. The van der Waals surface area contributed by atoms with Crippen LogP contribution in [0.25, 0.3) is 0 Å². The molecule has 6 nitrogen and oxygen atoms in total. The normalized spacial score (nSPS) is 11.7. The first-order valence-corrected chi connectivity index (χ1v) is 6.07. The van der Waals surface area contributed by atoms with E-state index in [1.54, 1.807) is 6.08 Å². The van der Waals surface area contributed by atoms with Gasteiger partial charge in [0.2, 0.25) is 0 Å². The van der Waals surface area contributed by atoms with Gasteiger partial charge in [-0.1, -0.05) is 17.2 Å². The summed E-state index contributed by atoms with van der Waals surface area (Å²) in [6.07, 6.45) is 4.14. The minimum atomic E-state index is -1.79. The molecule has 1 unspecified atom stereocenters. The molecule has 0 radical (unpaired) electrons. The zero-order valence-electron chi connectivity index (χ0n) is 12.0. The van der Waals surface area contributed by atoms with Crippen LogP contribution in [-0.2, 0) is 14.4 Å². The Balaban J connectivity index is 0. The highest BCUT2D eigenvalue weighted by Gasteiger charge is 2.16. The van der Waals surface area contributed by atoms with Crippen molar-refractivity contribution < 1.29 is 29.7 Å². The number of rotatable bonds is 7. The van der Waals surface area contributed by atoms with Crippen molar-refractivity contribution in [2.24, 2.45) is 0 Å². The molecule has 0 fully saturated rings. The lowest BCUT2D eigenvalue weighted by molar-refractivity contribution is -0.152. The summed E-state index contributed by atoms with van der Waals surface area (Å²) in [5, 5.41) is 24.1. The van der Waals surface area contributed by atoms with Gasteiger partial charge in [-0.2, -0.15) is 0 Å². The standard InChI is InChI=1S/C10H16O.C4H6O5/c1-9(2)5-4-6-10(3)7-8-11;5-2(4(8)9)1-3(6)7/h5,7-8H,4,6H2,1-3H3;2,5H,1H2,(H,6,7)(H,8,9). The molecule has 1 atom stereocenters. The van der Waals surface area contributed by atoms with E-state index < -0.39 is 24.5 Å². The predicted octanol–water partition coefficient (Wildman–Crippen LogP) is 1.78. The van der Waals surface area contributed by atoms with Crippen molar-refractivity contribution in [3.8, 4) is 0 Å². The second-order valence-electron chi connectivity index (χ2n) is 4.42. The van der Waals surface area contributed by atoms with E-state index in [4.69, 9.17) is 15.3 Å². The fourth-order valence-electron chi connectivity index (χ4n) is 1.04. The molecule has 0 aliphatic heterocycles. The average molecular weight is 286 g/mol. The number of carboxylic acid groups (broad SMARTS) is 2. The van der Waals surface area contributed by atoms with Crippen molar-refractivity contribution in [2.45, 2.75) is 46.1 Å². The molecule has 114 valence electrons. The predicted molar refractivity (Wildman–Crippen MR) is 74.4 cm³/mol. The minimum Gasteiger partial charge on any atom is -0.481 e. The Hall–Kier alpha value is -1.95. The smallest absolute Gasteiger partial charge is 0.333 e. The number of aliphatic hydroxyl groups is 1. The van der Waals surface area contributed by atoms with Gasteiger partial charge in [0.15, 0.2) is 6.10 Å². The first-order valence-electron chi connectivity index (χ1n) is 6.07. The van der Waals surface area contributed by atoms with Crippen LogP contribution in [0.4, 0.5) is 0 Å². The van der Waals surface area contributed by atoms with Gasteiger partial charge in [0.25, 0.3) is 0 Å². The summed E-state index contributed by atoms with van der Waals surface area (Å²) in [6.45, 7) is 6.14. The van der Waals surface area contributed by atoms with Crippen LogP contribution >= 0.6 is 0 Å². The molecule has 0 aromatic heterocycles. The van der Waals surface area contributed by atoms with Crippen LogP contribution in [0.2, 0.25) is 0 Å². The third kappa shape index (κ3) is 16.1. The average Bonchev–Trinajstić information content (AvgIpc) is 2.28. The van der Waals surface area contributed by atoms with E-state index in [2.05, 4.69) is 19.9 Å². The van der Waals surface area contributed by atoms with Crippen LogP contribution in [0.3, 0.4) is 0 Å². The number of hydrogen-bond donors (Lipinski definition) is 3. The monoisotopic (exact) mass is 286 g/mol. The van der Waals surface area contributed by atoms with E-state index in [1.165, 1.54) is 5.57 Å². The Bertz CT molecular complexity index is 377. The molecule has 0 aliphatic carbocycles. The maximum atomic E-state index is 10.0. The van der Waals surface area contributed by atoms with Crippen LogP contribution in [-0.4, -0.2) is 39.6 Å². The Labute approximate surface area is 118 Å². The zero-order valence-corrected chi connectivity index (χ0v) is 12.0. The lowest BCUT2D eigenvalue weighted by Gasteiger charge is -1.97. The summed E-state index contributed by atoms with van der Waals surface area (Å²) in [7, 11) is 0. The first-order chi connectivity index (χ1) is 9.20. The van der Waals surface area contributed by atoms with Gasteiger partial charge in [-0.3, -0.25) is 9.59 Å². The third-order valence-corrected chi connectivity index (χ3v) is 2.10. The second kappa shape index (κ2) is 12.1. The molecule has 0 amide bonds. The van der Waals surface area contributed by atoms with Gasteiger partial charge in [-0.25, -0.2) is 4.79 Å². The molecule has 0 rings (SSSR count). The summed E-state index contributed by atoms with van der Waals surface area (Å²) >= 11 is 0. The molecule has 0 saturated heterocycles. The largest absolute Gasteiger partial charge is 0.481 e. The minimum absolute atomic E-state index is 0.755. The lowest BCUT2D eigenvalue weighted by Crippen LogP contribution is -2.22. The van der Waals surface area contributed by atoms with Crippen molar-refractivity contribution >= 4 is 18.2 Å². The van der Waals surface area contributed by atoms with E-state index >= 15 is 0 Å². The summed E-state index contributed by atoms with van der Waals surface area (Å²) in [5.41, 5.74) is 2.49. The summed E-state index contributed by atoms with van der Waals surface area (Å²) in [6, 6.07) is 0. The maximum Gasteiger partial charge on any atom is 0.333 e. The fourth-order valence-corrected chi connectivity index (χ4v) is 1.04. The topological polar surface area (TPSA) is 112 Å². The van der Waals surface area contributed by atoms with E-state index in [0.29, 0.717) is 0 Å². The van der Waals surface area contributed by atoms with Crippen LogP contribution in [0.5, 0.6) is 0 Å². The molecule has 0 saturated carbocycles. The molecule has 3 N–H and O–H groups in total. The number of aliphatic hydroxyl groups excluding tert-OH is 1. The Morgan fingerprint density at radius 1 is 1.15 bits per heavy atom. The quantitative estimate of drug-likeness (QED) is 0.373. The summed E-state index contributed by atoms with van der Waals surface area (Å²) < 4.78 is 0. The third-order valence-electron chi connectivity index (χ3n) is 2.10. The number of aldehydes is 1. The maximum absolute atomic E-state index is 10.0. The number of carbonyl (C=O) groups is 3. The molecule has 0 heterocycles. The van der Waals surface area contributed by atoms with Gasteiger partial charge in [0.05, 0.1) is 6.42 Å². The second-order valence-corrected chi connectivity index (χ2v) is 4.42. The highest BCUT2D eigenvalue weighted by Crippen LogP contribution is 2.05. The SMILES string of the molecule is CC(C)=CCCC(C)=CC=O.O=C(O)CC(O)C(=O)O. The number of carboxylic acids is 2. The van der Waals surface area contributed by atoms with E-state index in [9.17, 15) is 14.4 Å². The zero-order chi connectivity index (χ0) is 16.1. The molecule has 20 heavy (non-hydrogen) atoms. The van der Waals surface area contributed by atoms with E-state index in [-0.39, 0.29) is 0 Å². The van der Waals surface area contributed by atoms with Gasteiger partial charge >= 0.3 is 11.9 Å². The molecule has 6 heteroatoms. The highest BCUT2D eigenvalue weighted by atomic mass is 16.4. The van der Waals surface area contributed by atoms with Crippen molar-refractivity contribution in [3.05, 3.63) is 23.3 Å². The molecule has 0 aromatic carbocycles. The Kier molecular flexibility index (Phi) is 12.3. The Morgan fingerprint density at radius 3 is 2.00 bits per heavy atom. The van der Waals surface area contributed by atoms with E-state index in [1.807, 2.05) is 6.92 Å². The fraction of sp³-hybridized carbons (Fsp3) is 0.500. The van der Waals surface area contributed by atoms with Crippen LogP contribution in [0.15, 0.2) is 23.3 Å². The van der Waals surface area contributed by atoms with Crippen molar-refractivity contribution in [1.82, 2.24) is 0 Å². The highest BCUT2D eigenvalue weighted by molar-refractivity contribution is 5.79. The number of hydrogen-bond acceptors (Lipinski definition) is 4. The van der Waals surface area contributed by atoms with Gasteiger partial charge < -0.3 is 15.3 Å². The van der Waals surface area contributed by atoms with E-state index in [0.717, 1.165) is 24.7 Å². The number of carbonyl (C=O) groups excluding carboxylic acids is 1. The summed E-state index contributed by atoms with van der Waals surface area (Å²) in [4.78, 5) is 29.4. The molecule has 0 spiro atoms. The van der Waals surface area contributed by atoms with Crippen LogP contribution < -0.4 is 0 Å². The molecular weight excluding hydrogens is 264 g/mol. The summed E-state index contributed by atoms with van der Waals surface area (Å²) in [5.74, 6) is -2.85. The van der Waals surface area contributed by atoms with Crippen molar-refractivity contribution in [3.63, 3.8) is 0 Å². The molecule has 0 bridgehead atoms. The van der Waals surface area contributed by atoms with Crippen molar-refractivity contribution in [2.75, 3.05) is 0 Å². The molecule has 0 aliphatic rings. The molecular formula is C14H22O6. The lowest BCUT2D eigenvalue weighted by atomic mass is 10.1. The van der Waals surface area contributed by atoms with Gasteiger partial charge in [-0.05, 0) is 39.7 Å².